The average Bonchev–Trinajstić information content (AvgIpc) is 2.28. The van der Waals surface area contributed by atoms with Crippen molar-refractivity contribution in [2.24, 2.45) is 0 Å². The Morgan fingerprint density at radius 2 is 1.95 bits per heavy atom. The summed E-state index contributed by atoms with van der Waals surface area (Å²) in [4.78, 5) is 22.7. The fourth-order valence-electron chi connectivity index (χ4n) is 1.54. The summed E-state index contributed by atoms with van der Waals surface area (Å²) in [7, 11) is 0. The zero-order valence-electron chi connectivity index (χ0n) is 10.6. The molecule has 0 saturated carbocycles. The van der Waals surface area contributed by atoms with Gasteiger partial charge in [-0.1, -0.05) is 6.07 Å². The van der Waals surface area contributed by atoms with Gasteiger partial charge in [-0.15, -0.1) is 0 Å². The largest absolute Gasteiger partial charge is 0.480 e. The molecule has 1 aromatic rings. The van der Waals surface area contributed by atoms with E-state index in [1.165, 1.54) is 18.2 Å². The van der Waals surface area contributed by atoms with Crippen LogP contribution in [0, 0.1) is 6.92 Å². The molecule has 0 saturated heterocycles. The second-order valence-corrected chi connectivity index (χ2v) is 4.24. The van der Waals surface area contributed by atoms with Gasteiger partial charge in [0.15, 0.2) is 0 Å². The Hall–Kier alpha value is -2.25. The number of halogens is 3. The van der Waals surface area contributed by atoms with Crippen LogP contribution >= 0.6 is 0 Å². The number of hydrogen-bond donors (Lipinski definition) is 2. The number of anilines is 1. The van der Waals surface area contributed by atoms with Crippen molar-refractivity contribution in [1.29, 1.82) is 0 Å². The standard InChI is InChI=1S/C12H13F3N2O3/c1-7-2-3-8(4-9(7)16)11(20)17(5-10(18)19)6-12(13,14)15/h2-4H,5-6,16H2,1H3,(H,18,19). The molecule has 0 fully saturated rings. The zero-order valence-corrected chi connectivity index (χ0v) is 10.6. The van der Waals surface area contributed by atoms with Crippen LogP contribution in [-0.4, -0.2) is 41.1 Å². The SMILES string of the molecule is Cc1ccc(C(=O)N(CC(=O)O)CC(F)(F)F)cc1N. The number of carbonyl (C=O) groups excluding carboxylic acids is 1. The highest BCUT2D eigenvalue weighted by Crippen LogP contribution is 2.19. The minimum Gasteiger partial charge on any atom is -0.480 e. The number of aryl methyl sites for hydroxylation is 1. The Balaban J connectivity index is 3.02. The number of carbonyl (C=O) groups is 2. The number of nitrogen functional groups attached to an aromatic ring is 1. The van der Waals surface area contributed by atoms with Gasteiger partial charge < -0.3 is 15.7 Å². The maximum Gasteiger partial charge on any atom is 0.406 e. The lowest BCUT2D eigenvalue weighted by Gasteiger charge is -2.22. The van der Waals surface area contributed by atoms with Gasteiger partial charge in [-0.25, -0.2) is 0 Å². The van der Waals surface area contributed by atoms with E-state index < -0.39 is 31.1 Å². The molecule has 0 bridgehead atoms. The molecular formula is C12H13F3N2O3. The number of rotatable bonds is 4. The van der Waals surface area contributed by atoms with Crippen LogP contribution in [0.25, 0.3) is 0 Å². The van der Waals surface area contributed by atoms with Gasteiger partial charge in [0.25, 0.3) is 5.91 Å². The van der Waals surface area contributed by atoms with Crippen LogP contribution in [0.3, 0.4) is 0 Å². The number of nitrogens with zero attached hydrogens (tertiary/aromatic N) is 1. The normalized spacial score (nSPS) is 11.2. The monoisotopic (exact) mass is 290 g/mol. The van der Waals surface area contributed by atoms with Crippen molar-refractivity contribution in [2.45, 2.75) is 13.1 Å². The number of alkyl halides is 3. The van der Waals surface area contributed by atoms with Crippen LogP contribution in [0.2, 0.25) is 0 Å². The first-order valence-corrected chi connectivity index (χ1v) is 5.54. The molecule has 0 radical (unpaired) electrons. The lowest BCUT2D eigenvalue weighted by Crippen LogP contribution is -2.42. The van der Waals surface area contributed by atoms with Crippen molar-refractivity contribution in [2.75, 3.05) is 18.8 Å². The molecule has 0 unspecified atom stereocenters. The third-order valence-electron chi connectivity index (χ3n) is 2.51. The number of aliphatic carboxylic acids is 1. The van der Waals surface area contributed by atoms with Crippen molar-refractivity contribution in [1.82, 2.24) is 4.90 Å². The number of benzene rings is 1. The van der Waals surface area contributed by atoms with Crippen LogP contribution in [0.5, 0.6) is 0 Å². The average molecular weight is 290 g/mol. The van der Waals surface area contributed by atoms with E-state index in [9.17, 15) is 22.8 Å². The lowest BCUT2D eigenvalue weighted by atomic mass is 10.1. The van der Waals surface area contributed by atoms with E-state index in [1.54, 1.807) is 6.92 Å². The summed E-state index contributed by atoms with van der Waals surface area (Å²) in [5.74, 6) is -2.56. The topological polar surface area (TPSA) is 83.6 Å². The van der Waals surface area contributed by atoms with Crippen LogP contribution in [-0.2, 0) is 4.79 Å². The Labute approximate surface area is 112 Å². The summed E-state index contributed by atoms with van der Waals surface area (Å²) >= 11 is 0. The molecule has 8 heteroatoms. The molecule has 0 aliphatic heterocycles. The van der Waals surface area contributed by atoms with Crippen LogP contribution in [0.4, 0.5) is 18.9 Å². The van der Waals surface area contributed by atoms with Crippen molar-refractivity contribution in [3.8, 4) is 0 Å². The van der Waals surface area contributed by atoms with E-state index in [0.29, 0.717) is 5.56 Å². The molecule has 0 heterocycles. The van der Waals surface area contributed by atoms with Crippen molar-refractivity contribution < 1.29 is 27.9 Å². The molecular weight excluding hydrogens is 277 g/mol. The second kappa shape index (κ2) is 5.81. The smallest absolute Gasteiger partial charge is 0.406 e. The summed E-state index contributed by atoms with van der Waals surface area (Å²) in [5, 5.41) is 8.59. The fraction of sp³-hybridized carbons (Fsp3) is 0.333. The van der Waals surface area contributed by atoms with Crippen molar-refractivity contribution >= 4 is 17.6 Å². The Kier molecular flexibility index (Phi) is 4.59. The van der Waals surface area contributed by atoms with Gasteiger partial charge in [0, 0.05) is 11.3 Å². The minimum atomic E-state index is -4.68. The molecule has 0 atom stereocenters. The fourth-order valence-corrected chi connectivity index (χ4v) is 1.54. The maximum absolute atomic E-state index is 12.4. The van der Waals surface area contributed by atoms with E-state index in [4.69, 9.17) is 10.8 Å². The third-order valence-corrected chi connectivity index (χ3v) is 2.51. The van der Waals surface area contributed by atoms with E-state index in [2.05, 4.69) is 0 Å². The molecule has 3 N–H and O–H groups in total. The molecule has 5 nitrogen and oxygen atoms in total. The number of amides is 1. The van der Waals surface area contributed by atoms with Gasteiger partial charge in [-0.2, -0.15) is 13.2 Å². The van der Waals surface area contributed by atoms with Crippen LogP contribution in [0.15, 0.2) is 18.2 Å². The lowest BCUT2D eigenvalue weighted by molar-refractivity contribution is -0.149. The Morgan fingerprint density at radius 3 is 2.40 bits per heavy atom. The Morgan fingerprint density at radius 1 is 1.35 bits per heavy atom. The molecule has 110 valence electrons. The summed E-state index contributed by atoms with van der Waals surface area (Å²) in [6.45, 7) is -0.994. The Bertz CT molecular complexity index is 529. The number of carboxylic acid groups (broad SMARTS) is 1. The van der Waals surface area contributed by atoms with Crippen LogP contribution in [0.1, 0.15) is 15.9 Å². The number of carboxylic acids is 1. The molecule has 1 amide bonds. The molecule has 1 aromatic carbocycles. The molecule has 0 aliphatic carbocycles. The summed E-state index contributed by atoms with van der Waals surface area (Å²) in [6.07, 6.45) is -4.68. The van der Waals surface area contributed by atoms with Gasteiger partial charge in [0.05, 0.1) is 0 Å². The summed E-state index contributed by atoms with van der Waals surface area (Å²) < 4.78 is 37.1. The second-order valence-electron chi connectivity index (χ2n) is 4.24. The highest BCUT2D eigenvalue weighted by Gasteiger charge is 2.34. The summed E-state index contributed by atoms with van der Waals surface area (Å²) in [5.41, 5.74) is 6.41. The number of hydrogen-bond acceptors (Lipinski definition) is 3. The first kappa shape index (κ1) is 15.8. The van der Waals surface area contributed by atoms with Crippen LogP contribution < -0.4 is 5.73 Å². The van der Waals surface area contributed by atoms with Gasteiger partial charge in [0.2, 0.25) is 0 Å². The third kappa shape index (κ3) is 4.45. The first-order chi connectivity index (χ1) is 9.10. The molecule has 0 spiro atoms. The molecule has 0 aliphatic rings. The highest BCUT2D eigenvalue weighted by molar-refractivity contribution is 5.96. The predicted molar refractivity (Wildman–Crippen MR) is 65.2 cm³/mol. The maximum atomic E-state index is 12.4. The van der Waals surface area contributed by atoms with Gasteiger partial charge in [-0.05, 0) is 24.6 Å². The van der Waals surface area contributed by atoms with Crippen molar-refractivity contribution in [3.63, 3.8) is 0 Å². The van der Waals surface area contributed by atoms with Crippen molar-refractivity contribution in [3.05, 3.63) is 29.3 Å². The van der Waals surface area contributed by atoms with Gasteiger partial charge >= 0.3 is 12.1 Å². The number of nitrogens with two attached hydrogens (primary N) is 1. The molecule has 0 aromatic heterocycles. The molecule has 1 rings (SSSR count). The quantitative estimate of drug-likeness (QED) is 0.826. The zero-order chi connectivity index (χ0) is 15.5. The van der Waals surface area contributed by atoms with Gasteiger partial charge in [0.1, 0.15) is 13.1 Å². The van der Waals surface area contributed by atoms with Gasteiger partial charge in [-0.3, -0.25) is 9.59 Å². The molecule has 20 heavy (non-hydrogen) atoms. The first-order valence-electron chi connectivity index (χ1n) is 5.54. The highest BCUT2D eigenvalue weighted by atomic mass is 19.4. The predicted octanol–water partition coefficient (Wildman–Crippen LogP) is 1.67. The minimum absolute atomic E-state index is 0.0846. The van der Waals surface area contributed by atoms with E-state index in [1.807, 2.05) is 0 Å². The van der Waals surface area contributed by atoms with E-state index in [-0.39, 0.29) is 16.2 Å². The van der Waals surface area contributed by atoms with E-state index >= 15 is 0 Å². The van der Waals surface area contributed by atoms with E-state index in [0.717, 1.165) is 0 Å². The summed E-state index contributed by atoms with van der Waals surface area (Å²) in [6, 6.07) is 4.01.